The Bertz CT molecular complexity index is 1560. The molecule has 7 heteroatoms. The minimum absolute atomic E-state index is 0.197. The molecule has 7 nitrogen and oxygen atoms in total. The van der Waals surface area contributed by atoms with Gasteiger partial charge in [0.1, 0.15) is 28.4 Å². The molecular weight excluding hydrogens is 448 g/mol. The second kappa shape index (κ2) is 9.02. The Morgan fingerprint density at radius 1 is 0.743 bits per heavy atom. The summed E-state index contributed by atoms with van der Waals surface area (Å²) in [4.78, 5) is 26.5. The molecule has 5 rings (SSSR count). The fourth-order valence-corrected chi connectivity index (χ4v) is 4.32. The highest BCUT2D eigenvalue weighted by atomic mass is 16.5. The summed E-state index contributed by atoms with van der Waals surface area (Å²) in [6.07, 6.45) is 0.728. The van der Waals surface area contributed by atoms with E-state index in [1.807, 2.05) is 6.92 Å². The van der Waals surface area contributed by atoms with Gasteiger partial charge in [-0.1, -0.05) is 49.4 Å². The number of hydrogen-bond acceptors (Lipinski definition) is 7. The summed E-state index contributed by atoms with van der Waals surface area (Å²) >= 11 is 0. The van der Waals surface area contributed by atoms with E-state index in [1.165, 1.54) is 0 Å². The lowest BCUT2D eigenvalue weighted by Crippen LogP contribution is -2.22. The first-order valence-corrected chi connectivity index (χ1v) is 11.2. The van der Waals surface area contributed by atoms with Crippen molar-refractivity contribution in [2.75, 3.05) is 6.61 Å². The topological polar surface area (TPSA) is 110 Å². The summed E-state index contributed by atoms with van der Waals surface area (Å²) in [5, 5.41) is 23.1. The van der Waals surface area contributed by atoms with Crippen LogP contribution >= 0.6 is 0 Å². The van der Waals surface area contributed by atoms with Gasteiger partial charge in [-0.3, -0.25) is 0 Å². The van der Waals surface area contributed by atoms with E-state index >= 15 is 0 Å². The maximum atomic E-state index is 13.3. The first-order chi connectivity index (χ1) is 17.0. The fraction of sp³-hybridized carbons (Fsp3) is 0.143. The molecule has 35 heavy (non-hydrogen) atoms. The Hall–Kier alpha value is -4.52. The quantitative estimate of drug-likeness (QED) is 0.325. The van der Waals surface area contributed by atoms with Gasteiger partial charge in [0.05, 0.1) is 34.4 Å². The van der Waals surface area contributed by atoms with Gasteiger partial charge >= 0.3 is 11.3 Å². The second-order valence-corrected chi connectivity index (χ2v) is 8.12. The number of para-hydroxylation sites is 3. The molecule has 0 radical (unpaired) electrons. The lowest BCUT2D eigenvalue weighted by atomic mass is 9.84. The number of benzene rings is 3. The minimum atomic E-state index is -1.23. The SMILES string of the molecule is CCCOc1ccccc1C(c1c(O)c2ccccc2oc1=O)c1c(O)c2ccccc2oc1=O. The Kier molecular flexibility index (Phi) is 5.74. The van der Waals surface area contributed by atoms with Gasteiger partial charge < -0.3 is 23.8 Å². The zero-order valence-corrected chi connectivity index (χ0v) is 18.9. The molecule has 0 spiro atoms. The average molecular weight is 470 g/mol. The molecule has 2 aromatic heterocycles. The van der Waals surface area contributed by atoms with Gasteiger partial charge in [0.15, 0.2) is 0 Å². The summed E-state index contributed by atoms with van der Waals surface area (Å²) in [5.41, 5.74) is -1.29. The van der Waals surface area contributed by atoms with Crippen LogP contribution in [0.3, 0.4) is 0 Å². The highest BCUT2D eigenvalue weighted by molar-refractivity contribution is 5.87. The van der Waals surface area contributed by atoms with E-state index in [1.54, 1.807) is 72.8 Å². The molecule has 0 amide bonds. The van der Waals surface area contributed by atoms with Crippen LogP contribution in [0, 0.1) is 0 Å². The monoisotopic (exact) mass is 470 g/mol. The molecule has 0 aliphatic rings. The van der Waals surface area contributed by atoms with E-state index in [0.29, 0.717) is 28.7 Å². The van der Waals surface area contributed by atoms with Crippen molar-refractivity contribution >= 4 is 21.9 Å². The summed E-state index contributed by atoms with van der Waals surface area (Å²) < 4.78 is 16.9. The molecular formula is C28H22O7. The van der Waals surface area contributed by atoms with Gasteiger partial charge in [0, 0.05) is 5.56 Å². The molecule has 0 saturated heterocycles. The van der Waals surface area contributed by atoms with E-state index in [2.05, 4.69) is 0 Å². The molecule has 0 unspecified atom stereocenters. The summed E-state index contributed by atoms with van der Waals surface area (Å²) in [7, 11) is 0. The van der Waals surface area contributed by atoms with Crippen molar-refractivity contribution in [1.29, 1.82) is 0 Å². The van der Waals surface area contributed by atoms with Crippen LogP contribution in [0.15, 0.2) is 91.2 Å². The highest BCUT2D eigenvalue weighted by Gasteiger charge is 2.34. The van der Waals surface area contributed by atoms with E-state index in [4.69, 9.17) is 13.6 Å². The number of aromatic hydroxyl groups is 2. The van der Waals surface area contributed by atoms with Crippen LogP contribution in [0.4, 0.5) is 0 Å². The predicted molar refractivity (Wildman–Crippen MR) is 131 cm³/mol. The smallest absolute Gasteiger partial charge is 0.344 e. The fourth-order valence-electron chi connectivity index (χ4n) is 4.32. The molecule has 3 aromatic carbocycles. The van der Waals surface area contributed by atoms with E-state index in [0.717, 1.165) is 6.42 Å². The van der Waals surface area contributed by atoms with Crippen molar-refractivity contribution in [3.63, 3.8) is 0 Å². The second-order valence-electron chi connectivity index (χ2n) is 8.12. The molecule has 0 saturated carbocycles. The summed E-state index contributed by atoms with van der Waals surface area (Å²) in [5.74, 6) is -1.53. The van der Waals surface area contributed by atoms with Crippen molar-refractivity contribution in [3.05, 3.63) is 110 Å². The maximum absolute atomic E-state index is 13.3. The van der Waals surface area contributed by atoms with Crippen molar-refractivity contribution in [3.8, 4) is 17.2 Å². The normalized spacial score (nSPS) is 11.4. The van der Waals surface area contributed by atoms with Gasteiger partial charge in [-0.25, -0.2) is 9.59 Å². The van der Waals surface area contributed by atoms with Crippen LogP contribution in [0.2, 0.25) is 0 Å². The third kappa shape index (κ3) is 3.81. The largest absolute Gasteiger partial charge is 0.507 e. The molecule has 0 aliphatic carbocycles. The van der Waals surface area contributed by atoms with Gasteiger partial charge in [-0.15, -0.1) is 0 Å². The molecule has 0 fully saturated rings. The lowest BCUT2D eigenvalue weighted by Gasteiger charge is -2.22. The minimum Gasteiger partial charge on any atom is -0.507 e. The number of hydrogen-bond donors (Lipinski definition) is 2. The van der Waals surface area contributed by atoms with Crippen molar-refractivity contribution < 1.29 is 23.8 Å². The standard InChI is InChI=1S/C28H22O7/c1-2-15-33-19-12-6-3-9-16(19)22(23-25(29)17-10-4-7-13-20(17)34-27(23)31)24-26(30)18-11-5-8-14-21(18)35-28(24)32/h3-14,22,29-30H,2,15H2,1H3. The van der Waals surface area contributed by atoms with Gasteiger partial charge in [0.25, 0.3) is 0 Å². The van der Waals surface area contributed by atoms with Gasteiger partial charge in [-0.2, -0.15) is 0 Å². The van der Waals surface area contributed by atoms with Crippen molar-refractivity contribution in [2.45, 2.75) is 19.3 Å². The Morgan fingerprint density at radius 3 is 1.77 bits per heavy atom. The number of fused-ring (bicyclic) bond motifs is 2. The molecule has 5 aromatic rings. The zero-order valence-electron chi connectivity index (χ0n) is 18.9. The van der Waals surface area contributed by atoms with E-state index in [9.17, 15) is 19.8 Å². The first-order valence-electron chi connectivity index (χ1n) is 11.2. The molecule has 2 N–H and O–H groups in total. The van der Waals surface area contributed by atoms with Gasteiger partial charge in [0.2, 0.25) is 0 Å². The van der Waals surface area contributed by atoms with Crippen LogP contribution < -0.4 is 16.0 Å². The maximum Gasteiger partial charge on any atom is 0.344 e. The number of rotatable bonds is 6. The molecule has 2 heterocycles. The van der Waals surface area contributed by atoms with Crippen LogP contribution in [-0.2, 0) is 0 Å². The predicted octanol–water partition coefficient (Wildman–Crippen LogP) is 5.28. The lowest BCUT2D eigenvalue weighted by molar-refractivity contribution is 0.313. The molecule has 0 aliphatic heterocycles. The van der Waals surface area contributed by atoms with Crippen molar-refractivity contribution in [1.82, 2.24) is 0 Å². The zero-order chi connectivity index (χ0) is 24.5. The van der Waals surface area contributed by atoms with Crippen molar-refractivity contribution in [2.24, 2.45) is 0 Å². The molecule has 176 valence electrons. The summed E-state index contributed by atoms with van der Waals surface area (Å²) in [6, 6.07) is 20.0. The third-order valence-corrected chi connectivity index (χ3v) is 5.91. The molecule has 0 atom stereocenters. The van der Waals surface area contributed by atoms with Crippen LogP contribution in [0.1, 0.15) is 36.0 Å². The van der Waals surface area contributed by atoms with E-state index in [-0.39, 0.29) is 33.8 Å². The Labute approximate surface area is 199 Å². The third-order valence-electron chi connectivity index (χ3n) is 5.91. The Morgan fingerprint density at radius 2 is 1.23 bits per heavy atom. The molecule has 0 bridgehead atoms. The Balaban J connectivity index is 1.90. The van der Waals surface area contributed by atoms with Crippen LogP contribution in [0.25, 0.3) is 21.9 Å². The van der Waals surface area contributed by atoms with Crippen LogP contribution in [0.5, 0.6) is 17.2 Å². The number of ether oxygens (including phenoxy) is 1. The highest BCUT2D eigenvalue weighted by Crippen LogP contribution is 2.44. The first kappa shape index (κ1) is 22.3. The summed E-state index contributed by atoms with van der Waals surface area (Å²) in [6.45, 7) is 2.34. The van der Waals surface area contributed by atoms with E-state index < -0.39 is 17.2 Å². The van der Waals surface area contributed by atoms with Crippen LogP contribution in [-0.4, -0.2) is 16.8 Å². The average Bonchev–Trinajstić information content (AvgIpc) is 2.86. The van der Waals surface area contributed by atoms with Gasteiger partial charge in [-0.05, 0) is 36.8 Å².